The van der Waals surface area contributed by atoms with E-state index in [2.05, 4.69) is 5.32 Å². The van der Waals surface area contributed by atoms with Crippen molar-refractivity contribution in [3.05, 3.63) is 0 Å². The molecule has 0 fully saturated rings. The standard InChI is InChI=1S/C10H18F3N3O2.ClH/c1-2-3-4-16(7-10(11,12)13)9(18)6-15-8(17)5-14;/h2-7,14H2,1H3,(H,15,17);1H. The third-order valence-electron chi connectivity index (χ3n) is 2.13. The minimum atomic E-state index is -4.44. The van der Waals surface area contributed by atoms with E-state index in [1.54, 1.807) is 0 Å². The van der Waals surface area contributed by atoms with Crippen LogP contribution >= 0.6 is 12.4 Å². The number of hydrogen-bond acceptors (Lipinski definition) is 3. The van der Waals surface area contributed by atoms with Gasteiger partial charge in [-0.1, -0.05) is 13.3 Å². The second-order valence-corrected chi connectivity index (χ2v) is 3.76. The summed E-state index contributed by atoms with van der Waals surface area (Å²) in [6.07, 6.45) is -3.29. The lowest BCUT2D eigenvalue weighted by molar-refractivity contribution is -0.160. The lowest BCUT2D eigenvalue weighted by atomic mass is 10.3. The summed E-state index contributed by atoms with van der Waals surface area (Å²) < 4.78 is 36.8. The van der Waals surface area contributed by atoms with Crippen LogP contribution in [0, 0.1) is 0 Å². The molecule has 0 atom stereocenters. The van der Waals surface area contributed by atoms with Gasteiger partial charge in [0, 0.05) is 6.54 Å². The summed E-state index contributed by atoms with van der Waals surface area (Å²) >= 11 is 0. The molecule has 0 rings (SSSR count). The van der Waals surface area contributed by atoms with Crippen molar-refractivity contribution in [1.29, 1.82) is 0 Å². The first kappa shape index (κ1) is 20.3. The second-order valence-electron chi connectivity index (χ2n) is 3.76. The van der Waals surface area contributed by atoms with Crippen LogP contribution < -0.4 is 11.1 Å². The number of carbonyl (C=O) groups excluding carboxylic acids is 2. The Balaban J connectivity index is 0. The SMILES string of the molecule is CCCCN(CC(F)(F)F)C(=O)CNC(=O)CN.Cl. The average Bonchev–Trinajstić information content (AvgIpc) is 2.29. The summed E-state index contributed by atoms with van der Waals surface area (Å²) in [5, 5.41) is 2.15. The molecule has 19 heavy (non-hydrogen) atoms. The molecule has 0 aliphatic rings. The number of carbonyl (C=O) groups is 2. The van der Waals surface area contributed by atoms with Crippen LogP contribution in [0.2, 0.25) is 0 Å². The molecule has 0 saturated carbocycles. The molecular weight excluding hydrogens is 287 g/mol. The Morgan fingerprint density at radius 2 is 1.89 bits per heavy atom. The fourth-order valence-corrected chi connectivity index (χ4v) is 1.22. The maximum atomic E-state index is 12.3. The number of alkyl halides is 3. The lowest BCUT2D eigenvalue weighted by Gasteiger charge is -2.23. The average molecular weight is 306 g/mol. The van der Waals surface area contributed by atoms with Gasteiger partial charge in [0.1, 0.15) is 6.54 Å². The van der Waals surface area contributed by atoms with Crippen LogP contribution in [-0.2, 0) is 9.59 Å². The van der Waals surface area contributed by atoms with Crippen LogP contribution in [0.3, 0.4) is 0 Å². The van der Waals surface area contributed by atoms with Crippen LogP contribution in [0.5, 0.6) is 0 Å². The Hall–Kier alpha value is -1.02. The molecule has 5 nitrogen and oxygen atoms in total. The van der Waals surface area contributed by atoms with Crippen LogP contribution in [0.15, 0.2) is 0 Å². The molecule has 0 unspecified atom stereocenters. The zero-order valence-corrected chi connectivity index (χ0v) is 11.4. The van der Waals surface area contributed by atoms with E-state index in [1.807, 2.05) is 6.92 Å². The van der Waals surface area contributed by atoms with Gasteiger partial charge in [0.05, 0.1) is 13.1 Å². The number of halogens is 4. The normalized spacial score (nSPS) is 10.6. The number of nitrogens with one attached hydrogen (secondary N) is 1. The summed E-state index contributed by atoms with van der Waals surface area (Å²) in [7, 11) is 0. The Morgan fingerprint density at radius 1 is 1.32 bits per heavy atom. The van der Waals surface area contributed by atoms with Gasteiger partial charge >= 0.3 is 6.18 Å². The van der Waals surface area contributed by atoms with Crippen molar-refractivity contribution in [3.63, 3.8) is 0 Å². The smallest absolute Gasteiger partial charge is 0.346 e. The molecule has 0 aromatic rings. The number of amides is 2. The highest BCUT2D eigenvalue weighted by atomic mass is 35.5. The van der Waals surface area contributed by atoms with Gasteiger partial charge < -0.3 is 16.0 Å². The highest BCUT2D eigenvalue weighted by molar-refractivity contribution is 5.85. The maximum Gasteiger partial charge on any atom is 0.406 e. The minimum absolute atomic E-state index is 0. The monoisotopic (exact) mass is 305 g/mol. The van der Waals surface area contributed by atoms with Crippen LogP contribution in [0.25, 0.3) is 0 Å². The van der Waals surface area contributed by atoms with Crippen molar-refractivity contribution in [2.75, 3.05) is 26.2 Å². The molecule has 3 N–H and O–H groups in total. The first-order chi connectivity index (χ1) is 8.30. The van der Waals surface area contributed by atoms with Crippen molar-refractivity contribution in [2.45, 2.75) is 25.9 Å². The van der Waals surface area contributed by atoms with E-state index in [0.717, 1.165) is 0 Å². The summed E-state index contributed by atoms with van der Waals surface area (Å²) in [6, 6.07) is 0. The number of hydrogen-bond donors (Lipinski definition) is 2. The summed E-state index contributed by atoms with van der Waals surface area (Å²) in [6.45, 7) is -0.235. The van der Waals surface area contributed by atoms with Gasteiger partial charge in [-0.3, -0.25) is 9.59 Å². The topological polar surface area (TPSA) is 75.4 Å². The molecule has 0 bridgehead atoms. The number of nitrogens with zero attached hydrogens (tertiary/aromatic N) is 1. The van der Waals surface area contributed by atoms with E-state index in [4.69, 9.17) is 5.73 Å². The van der Waals surface area contributed by atoms with Gasteiger partial charge in [0.2, 0.25) is 11.8 Å². The molecule has 2 amide bonds. The molecule has 0 saturated heterocycles. The largest absolute Gasteiger partial charge is 0.406 e. The summed E-state index contributed by atoms with van der Waals surface area (Å²) in [5.41, 5.74) is 5.00. The van der Waals surface area contributed by atoms with Gasteiger partial charge in [-0.15, -0.1) is 12.4 Å². The fourth-order valence-electron chi connectivity index (χ4n) is 1.22. The highest BCUT2D eigenvalue weighted by Gasteiger charge is 2.32. The Labute approximate surface area is 116 Å². The number of unbranched alkanes of at least 4 members (excludes halogenated alkanes) is 1. The van der Waals surface area contributed by atoms with E-state index in [0.29, 0.717) is 17.7 Å². The number of nitrogens with two attached hydrogens (primary N) is 1. The van der Waals surface area contributed by atoms with E-state index < -0.39 is 31.1 Å². The molecule has 0 spiro atoms. The van der Waals surface area contributed by atoms with E-state index in [1.165, 1.54) is 0 Å². The maximum absolute atomic E-state index is 12.3. The molecule has 114 valence electrons. The van der Waals surface area contributed by atoms with Crippen molar-refractivity contribution >= 4 is 24.2 Å². The van der Waals surface area contributed by atoms with Gasteiger partial charge in [-0.25, -0.2) is 0 Å². The predicted molar refractivity (Wildman–Crippen MR) is 66.9 cm³/mol. The van der Waals surface area contributed by atoms with Crippen molar-refractivity contribution < 1.29 is 22.8 Å². The molecule has 0 radical (unpaired) electrons. The Kier molecular flexibility index (Phi) is 10.5. The first-order valence-electron chi connectivity index (χ1n) is 5.61. The quantitative estimate of drug-likeness (QED) is 0.726. The molecule has 0 heterocycles. The number of rotatable bonds is 7. The molecule has 0 aliphatic heterocycles. The first-order valence-corrected chi connectivity index (χ1v) is 5.61. The van der Waals surface area contributed by atoms with Crippen molar-refractivity contribution in [2.24, 2.45) is 5.73 Å². The Bertz CT molecular complexity index is 288. The molecule has 0 aliphatic carbocycles. The highest BCUT2D eigenvalue weighted by Crippen LogP contribution is 2.16. The molecule has 9 heteroatoms. The van der Waals surface area contributed by atoms with E-state index in [-0.39, 0.29) is 25.5 Å². The van der Waals surface area contributed by atoms with Gasteiger partial charge in [0.15, 0.2) is 0 Å². The minimum Gasteiger partial charge on any atom is -0.346 e. The summed E-state index contributed by atoms with van der Waals surface area (Å²) in [4.78, 5) is 23.0. The van der Waals surface area contributed by atoms with Crippen LogP contribution in [0.1, 0.15) is 19.8 Å². The Morgan fingerprint density at radius 3 is 2.32 bits per heavy atom. The van der Waals surface area contributed by atoms with Crippen LogP contribution in [-0.4, -0.2) is 49.1 Å². The van der Waals surface area contributed by atoms with Gasteiger partial charge in [-0.05, 0) is 6.42 Å². The van der Waals surface area contributed by atoms with E-state index >= 15 is 0 Å². The predicted octanol–water partition coefficient (Wildman–Crippen LogP) is 0.674. The van der Waals surface area contributed by atoms with Crippen LogP contribution in [0.4, 0.5) is 13.2 Å². The third kappa shape index (κ3) is 10.6. The molecule has 0 aromatic carbocycles. The molecular formula is C10H19ClF3N3O2. The third-order valence-corrected chi connectivity index (χ3v) is 2.13. The fraction of sp³-hybridized carbons (Fsp3) is 0.800. The summed E-state index contributed by atoms with van der Waals surface area (Å²) in [5.74, 6) is -1.34. The molecule has 0 aromatic heterocycles. The van der Waals surface area contributed by atoms with Crippen molar-refractivity contribution in [1.82, 2.24) is 10.2 Å². The zero-order valence-electron chi connectivity index (χ0n) is 10.6. The lowest BCUT2D eigenvalue weighted by Crippen LogP contribution is -2.45. The zero-order chi connectivity index (χ0) is 14.2. The van der Waals surface area contributed by atoms with E-state index in [9.17, 15) is 22.8 Å². The van der Waals surface area contributed by atoms with Gasteiger partial charge in [-0.2, -0.15) is 13.2 Å². The van der Waals surface area contributed by atoms with Crippen molar-refractivity contribution in [3.8, 4) is 0 Å². The second kappa shape index (κ2) is 9.85. The van der Waals surface area contributed by atoms with Gasteiger partial charge in [0.25, 0.3) is 0 Å².